The second-order valence-electron chi connectivity index (χ2n) is 6.57. The number of halogens is 1. The summed E-state index contributed by atoms with van der Waals surface area (Å²) in [7, 11) is -1.28. The number of nitrogens with zero attached hydrogens (tertiary/aromatic N) is 2. The quantitative estimate of drug-likeness (QED) is 0.505. The van der Waals surface area contributed by atoms with E-state index in [0.29, 0.717) is 11.4 Å². The maximum absolute atomic E-state index is 12.6. The van der Waals surface area contributed by atoms with E-state index in [1.807, 2.05) is 0 Å². The van der Waals surface area contributed by atoms with Crippen molar-refractivity contribution in [1.82, 2.24) is 20.6 Å². The largest absolute Gasteiger partial charge is 0.436 e. The maximum Gasteiger partial charge on any atom is 0.398 e. The van der Waals surface area contributed by atoms with Crippen molar-refractivity contribution in [3.63, 3.8) is 0 Å². The average molecular weight is 390 g/mol. The molecule has 1 aromatic heterocycles. The van der Waals surface area contributed by atoms with Gasteiger partial charge in [0.1, 0.15) is 11.2 Å². The summed E-state index contributed by atoms with van der Waals surface area (Å²) in [6.07, 6.45) is 4.43. The van der Waals surface area contributed by atoms with Crippen molar-refractivity contribution in [3.8, 4) is 0 Å². The zero-order valence-electron chi connectivity index (χ0n) is 15.0. The van der Waals surface area contributed by atoms with Gasteiger partial charge in [0.15, 0.2) is 0 Å². The van der Waals surface area contributed by atoms with Crippen molar-refractivity contribution >= 4 is 30.5 Å². The van der Waals surface area contributed by atoms with E-state index in [1.165, 1.54) is 18.6 Å². The normalized spacial score (nSPS) is 12.2. The van der Waals surface area contributed by atoms with E-state index < -0.39 is 30.3 Å². The van der Waals surface area contributed by atoms with Crippen LogP contribution >= 0.6 is 11.6 Å². The molecule has 8 nitrogen and oxygen atoms in total. The van der Waals surface area contributed by atoms with Crippen molar-refractivity contribution in [2.45, 2.75) is 31.7 Å². The van der Waals surface area contributed by atoms with Crippen LogP contribution in [0.5, 0.6) is 0 Å². The molecule has 0 aliphatic rings. The number of carbonyl (C=O) groups is 2. The van der Waals surface area contributed by atoms with Crippen LogP contribution in [0, 0.1) is 0 Å². The molecule has 142 valence electrons. The van der Waals surface area contributed by atoms with Crippen LogP contribution < -0.4 is 16.3 Å². The minimum absolute atomic E-state index is 0.0925. The molecule has 0 spiro atoms. The number of nitrogens with one attached hydrogen (secondary N) is 2. The van der Waals surface area contributed by atoms with Crippen molar-refractivity contribution in [1.29, 1.82) is 0 Å². The van der Waals surface area contributed by atoms with Gasteiger partial charge in [-0.1, -0.05) is 23.7 Å². The van der Waals surface area contributed by atoms with Crippen molar-refractivity contribution in [2.24, 2.45) is 5.64 Å². The topological polar surface area (TPSA) is 130 Å². The van der Waals surface area contributed by atoms with E-state index in [-0.39, 0.29) is 5.69 Å². The molecule has 2 rings (SSSR count). The highest BCUT2D eigenvalue weighted by atomic mass is 35.5. The van der Waals surface area contributed by atoms with Gasteiger partial charge in [0.25, 0.3) is 5.91 Å². The van der Waals surface area contributed by atoms with E-state index in [0.717, 1.165) is 5.56 Å². The van der Waals surface area contributed by atoms with Gasteiger partial charge in [0.2, 0.25) is 5.91 Å². The molecule has 27 heavy (non-hydrogen) atoms. The Labute approximate surface area is 162 Å². The van der Waals surface area contributed by atoms with Crippen LogP contribution in [0.25, 0.3) is 0 Å². The predicted molar refractivity (Wildman–Crippen MR) is 103 cm³/mol. The third kappa shape index (κ3) is 6.02. The minimum Gasteiger partial charge on any atom is -0.436 e. The molecular weight excluding hydrogens is 368 g/mol. The van der Waals surface area contributed by atoms with Gasteiger partial charge in [0.05, 0.1) is 12.1 Å². The van der Waals surface area contributed by atoms with Gasteiger partial charge in [-0.25, -0.2) is 4.98 Å². The van der Waals surface area contributed by atoms with E-state index in [9.17, 15) is 14.6 Å². The summed E-state index contributed by atoms with van der Waals surface area (Å²) in [5, 5.41) is 15.7. The van der Waals surface area contributed by atoms with E-state index in [1.54, 1.807) is 38.1 Å². The molecule has 0 aliphatic heterocycles. The number of hydrogen-bond donors (Lipinski definition) is 4. The van der Waals surface area contributed by atoms with Gasteiger partial charge >= 0.3 is 7.05 Å². The Morgan fingerprint density at radius 3 is 2.52 bits per heavy atom. The monoisotopic (exact) mass is 389 g/mol. The lowest BCUT2D eigenvalue weighted by atomic mass is 9.72. The number of aromatic nitrogens is 2. The molecule has 1 heterocycles. The number of rotatable bonds is 7. The number of hydrogen-bond acceptors (Lipinski definition) is 6. The Hall–Kier alpha value is -2.49. The van der Waals surface area contributed by atoms with Crippen molar-refractivity contribution < 1.29 is 14.6 Å². The third-order valence-electron chi connectivity index (χ3n) is 3.89. The molecular formula is C17H21BClN5O3. The smallest absolute Gasteiger partial charge is 0.398 e. The molecule has 0 saturated heterocycles. The molecule has 0 radical (unpaired) electrons. The van der Waals surface area contributed by atoms with Crippen molar-refractivity contribution in [3.05, 3.63) is 59.1 Å². The summed E-state index contributed by atoms with van der Waals surface area (Å²) < 4.78 is 0. The van der Waals surface area contributed by atoms with Gasteiger partial charge in [-0.3, -0.25) is 14.6 Å². The number of benzene rings is 1. The van der Waals surface area contributed by atoms with Crippen LogP contribution in [0.2, 0.25) is 5.02 Å². The highest BCUT2D eigenvalue weighted by Crippen LogP contribution is 2.12. The molecule has 1 atom stereocenters. The second kappa shape index (κ2) is 8.94. The van der Waals surface area contributed by atoms with Gasteiger partial charge in [0, 0.05) is 17.4 Å². The van der Waals surface area contributed by atoms with E-state index >= 15 is 0 Å². The predicted octanol–water partition coefficient (Wildman–Crippen LogP) is 0.344. The molecule has 0 aliphatic carbocycles. The highest BCUT2D eigenvalue weighted by Gasteiger charge is 2.34. The lowest BCUT2D eigenvalue weighted by Crippen LogP contribution is -2.61. The first-order valence-electron chi connectivity index (χ1n) is 8.26. The first-order valence-corrected chi connectivity index (χ1v) is 8.64. The van der Waals surface area contributed by atoms with Gasteiger partial charge in [-0.2, -0.15) is 0 Å². The Morgan fingerprint density at radius 1 is 1.30 bits per heavy atom. The van der Waals surface area contributed by atoms with Crippen LogP contribution in [0.15, 0.2) is 42.9 Å². The van der Waals surface area contributed by atoms with E-state index in [4.69, 9.17) is 17.2 Å². The van der Waals surface area contributed by atoms with Gasteiger partial charge < -0.3 is 21.3 Å². The molecule has 2 aromatic rings. The first kappa shape index (κ1) is 20.8. The molecule has 2 amide bonds. The molecule has 0 unspecified atom stereocenters. The summed E-state index contributed by atoms with van der Waals surface area (Å²) in [4.78, 5) is 32.6. The SMILES string of the molecule is CC(C)(NC(=O)c1cnccn1)C(=O)N[C@@H](Cc1ccc(Cl)cc1)B(N)O. The molecule has 5 N–H and O–H groups in total. The number of nitrogens with two attached hydrogens (primary N) is 1. The minimum atomic E-state index is -1.28. The zero-order chi connectivity index (χ0) is 20.0. The molecule has 0 fully saturated rings. The van der Waals surface area contributed by atoms with Crippen LogP contribution in [0.1, 0.15) is 29.9 Å². The standard InChI is InChI=1S/C17H21BClN5O3/c1-17(2,24-15(25)13-10-21-7-8-22-13)16(26)23-14(18(20)27)9-11-3-5-12(19)6-4-11/h3-8,10,14,27H,9,20H2,1-2H3,(H,23,26)(H,24,25)/t14-/m0/s1. The fourth-order valence-electron chi connectivity index (χ4n) is 2.30. The third-order valence-corrected chi connectivity index (χ3v) is 4.14. The van der Waals surface area contributed by atoms with Crippen LogP contribution in [-0.4, -0.2) is 45.3 Å². The molecule has 0 bridgehead atoms. The fourth-order valence-corrected chi connectivity index (χ4v) is 2.43. The lowest BCUT2D eigenvalue weighted by Gasteiger charge is -2.28. The summed E-state index contributed by atoms with van der Waals surface area (Å²) >= 11 is 5.86. The summed E-state index contributed by atoms with van der Waals surface area (Å²) in [5.41, 5.74) is 5.28. The Kier molecular flexibility index (Phi) is 6.89. The molecule has 10 heteroatoms. The fraction of sp³-hybridized carbons (Fsp3) is 0.294. The van der Waals surface area contributed by atoms with Crippen LogP contribution in [0.3, 0.4) is 0 Å². The van der Waals surface area contributed by atoms with Gasteiger partial charge in [-0.05, 0) is 38.0 Å². The number of amides is 2. The second-order valence-corrected chi connectivity index (χ2v) is 7.01. The molecule has 0 saturated carbocycles. The molecule has 1 aromatic carbocycles. The summed E-state index contributed by atoms with van der Waals surface area (Å²) in [5.74, 6) is -1.78. The zero-order valence-corrected chi connectivity index (χ0v) is 15.8. The average Bonchev–Trinajstić information content (AvgIpc) is 2.63. The van der Waals surface area contributed by atoms with E-state index in [2.05, 4.69) is 20.6 Å². The Morgan fingerprint density at radius 2 is 1.96 bits per heavy atom. The summed E-state index contributed by atoms with van der Waals surface area (Å²) in [6.45, 7) is 3.08. The highest BCUT2D eigenvalue weighted by molar-refractivity contribution is 6.48. The van der Waals surface area contributed by atoms with Gasteiger partial charge in [-0.15, -0.1) is 0 Å². The Bertz CT molecular complexity index is 787. The lowest BCUT2D eigenvalue weighted by molar-refractivity contribution is -0.126. The Balaban J connectivity index is 2.04. The van der Waals surface area contributed by atoms with Crippen molar-refractivity contribution in [2.75, 3.05) is 0 Å². The number of carbonyl (C=O) groups excluding carboxylic acids is 2. The summed E-state index contributed by atoms with van der Waals surface area (Å²) in [6, 6.07) is 6.99. The maximum atomic E-state index is 12.6. The first-order chi connectivity index (χ1) is 12.7. The van der Waals surface area contributed by atoms with Crippen LogP contribution in [-0.2, 0) is 11.2 Å². The van der Waals surface area contributed by atoms with Crippen LogP contribution in [0.4, 0.5) is 0 Å².